The molecule has 4 atom stereocenters. The molecule has 2 aromatic carbocycles. The van der Waals surface area contributed by atoms with Crippen LogP contribution in [0.1, 0.15) is 72.9 Å². The Hall–Kier alpha value is -0.700. The molecule has 2 aromatic rings. The minimum absolute atomic E-state index is 0.241. The summed E-state index contributed by atoms with van der Waals surface area (Å²) in [5.41, 5.74) is 4.84. The van der Waals surface area contributed by atoms with Gasteiger partial charge in [0.2, 0.25) is 0 Å². The van der Waals surface area contributed by atoms with Gasteiger partial charge in [-0.3, -0.25) is 0 Å². The van der Waals surface area contributed by atoms with Crippen molar-refractivity contribution in [3.8, 4) is 0 Å². The molecule has 2 rings (SSSR count). The molecule has 0 nitrogen and oxygen atoms in total. The quantitative estimate of drug-likeness (QED) is 0.470. The van der Waals surface area contributed by atoms with E-state index in [1.54, 1.807) is 0 Å². The Balaban J connectivity index is 1.87. The van der Waals surface area contributed by atoms with Crippen molar-refractivity contribution in [1.82, 2.24) is 0 Å². The fourth-order valence-electron chi connectivity index (χ4n) is 3.35. The molecule has 4 unspecified atom stereocenters. The molecule has 0 saturated heterocycles. The van der Waals surface area contributed by atoms with E-state index >= 15 is 0 Å². The molecule has 0 bridgehead atoms. The van der Waals surface area contributed by atoms with E-state index in [1.165, 1.54) is 28.2 Å². The van der Waals surface area contributed by atoms with Gasteiger partial charge in [0.15, 0.2) is 0 Å². The first-order valence-electron chi connectivity index (χ1n) is 10.2. The first-order valence-corrected chi connectivity index (χ1v) is 12.3. The molecule has 0 spiro atoms. The van der Waals surface area contributed by atoms with E-state index in [0.717, 1.165) is 28.5 Å². The van der Waals surface area contributed by atoms with E-state index < -0.39 is 0 Å². The van der Waals surface area contributed by atoms with Crippen LogP contribution in [0.5, 0.6) is 0 Å². The zero-order valence-corrected chi connectivity index (χ0v) is 20.5. The van der Waals surface area contributed by atoms with Crippen LogP contribution in [0.15, 0.2) is 48.5 Å². The molecule has 0 aliphatic heterocycles. The van der Waals surface area contributed by atoms with E-state index in [9.17, 15) is 0 Å². The van der Waals surface area contributed by atoms with E-state index in [-0.39, 0.29) is 10.8 Å². The van der Waals surface area contributed by atoms with E-state index in [2.05, 4.69) is 104 Å². The maximum absolute atomic E-state index is 2.42. The number of hydrogen-bond donors (Lipinski definition) is 0. The van der Waals surface area contributed by atoms with Gasteiger partial charge in [0.1, 0.15) is 0 Å². The molecule has 2 heteroatoms. The normalized spacial score (nSPS) is 15.7. The van der Waals surface area contributed by atoms with Gasteiger partial charge in [-0.1, -0.05) is 121 Å². The van der Waals surface area contributed by atoms with Crippen LogP contribution in [0.2, 0.25) is 0 Å². The lowest BCUT2D eigenvalue weighted by atomic mass is 9.87. The molecule has 27 heavy (non-hydrogen) atoms. The Labute approximate surface area is 171 Å². The predicted octanol–water partition coefficient (Wildman–Crippen LogP) is 6.76. The van der Waals surface area contributed by atoms with Gasteiger partial charge in [-0.25, -0.2) is 0 Å². The number of hydrogen-bond acceptors (Lipinski definition) is 0. The average Bonchev–Trinajstić information content (AvgIpc) is 2.53. The summed E-state index contributed by atoms with van der Waals surface area (Å²) in [6, 6.07) is 18.6. The van der Waals surface area contributed by atoms with E-state index in [1.807, 2.05) is 0 Å². The molecule has 0 N–H and O–H groups in total. The van der Waals surface area contributed by atoms with Crippen LogP contribution < -0.4 is 10.6 Å². The fourth-order valence-corrected chi connectivity index (χ4v) is 6.38. The molecule has 0 heterocycles. The second-order valence-corrected chi connectivity index (χ2v) is 13.7. The third kappa shape index (κ3) is 7.33. The van der Waals surface area contributed by atoms with Gasteiger partial charge in [-0.05, 0) is 50.3 Å². The zero-order chi connectivity index (χ0) is 20.2. The van der Waals surface area contributed by atoms with Crippen LogP contribution in [0.25, 0.3) is 0 Å². The molecule has 0 fully saturated rings. The molecular weight excluding hydrogens is 362 g/mol. The zero-order valence-electron chi connectivity index (χ0n) is 18.5. The first-order chi connectivity index (χ1) is 12.4. The van der Waals surface area contributed by atoms with Gasteiger partial charge < -0.3 is 0 Å². The van der Waals surface area contributed by atoms with Crippen LogP contribution in [0.3, 0.4) is 0 Å². The Morgan fingerprint density at radius 1 is 0.593 bits per heavy atom. The van der Waals surface area contributed by atoms with Crippen molar-refractivity contribution in [1.29, 1.82) is 0 Å². The maximum atomic E-state index is 2.42. The van der Waals surface area contributed by atoms with Gasteiger partial charge in [-0.2, -0.15) is 0 Å². The molecule has 0 aromatic heterocycles. The second kappa shape index (κ2) is 9.20. The highest BCUT2D eigenvalue weighted by atomic mass is 31.1. The van der Waals surface area contributed by atoms with Crippen molar-refractivity contribution in [3.63, 3.8) is 0 Å². The van der Waals surface area contributed by atoms with Crippen LogP contribution in [-0.4, -0.2) is 11.3 Å². The lowest BCUT2D eigenvalue weighted by Crippen LogP contribution is -2.14. The smallest absolute Gasteiger partial charge is 0.0132 e. The first kappa shape index (κ1) is 22.6. The Morgan fingerprint density at radius 3 is 1.15 bits per heavy atom. The summed E-state index contributed by atoms with van der Waals surface area (Å²) in [4.78, 5) is 0. The number of benzene rings is 2. The average molecular weight is 401 g/mol. The van der Waals surface area contributed by atoms with Gasteiger partial charge in [0.25, 0.3) is 0 Å². The van der Waals surface area contributed by atoms with E-state index in [0.29, 0.717) is 0 Å². The van der Waals surface area contributed by atoms with Crippen molar-refractivity contribution in [2.24, 2.45) is 0 Å². The van der Waals surface area contributed by atoms with Crippen molar-refractivity contribution < 1.29 is 0 Å². The third-order valence-corrected chi connectivity index (χ3v) is 7.83. The molecule has 0 saturated carbocycles. The third-order valence-electron chi connectivity index (χ3n) is 5.04. The van der Waals surface area contributed by atoms with E-state index in [4.69, 9.17) is 0 Å². The molecule has 0 aliphatic rings. The van der Waals surface area contributed by atoms with Crippen molar-refractivity contribution in [3.05, 3.63) is 59.7 Å². The molecule has 0 aliphatic carbocycles. The van der Waals surface area contributed by atoms with Gasteiger partial charge in [0.05, 0.1) is 0 Å². The van der Waals surface area contributed by atoms with Crippen LogP contribution in [0, 0.1) is 0 Å². The molecular formula is C25H38P2. The number of rotatable bonds is 6. The van der Waals surface area contributed by atoms with Crippen LogP contribution in [0.4, 0.5) is 0 Å². The van der Waals surface area contributed by atoms with Crippen molar-refractivity contribution in [2.45, 2.75) is 84.0 Å². The standard InChI is InChI=1S/C25H38P2/c1-18(26-22-13-9-20(10-14-22)24(3,4)5)17-19(2)27-23-15-11-21(12-16-23)25(6,7)8/h9-16,18-19,26-27H,17H2,1-8H3. The summed E-state index contributed by atoms with van der Waals surface area (Å²) in [5.74, 6) is 0. The maximum Gasteiger partial charge on any atom is -0.0132 e. The predicted molar refractivity (Wildman–Crippen MR) is 130 cm³/mol. The van der Waals surface area contributed by atoms with Gasteiger partial charge in [-0.15, -0.1) is 0 Å². The summed E-state index contributed by atoms with van der Waals surface area (Å²) >= 11 is 0. The lowest BCUT2D eigenvalue weighted by molar-refractivity contribution is 0.590. The highest BCUT2D eigenvalue weighted by Crippen LogP contribution is 2.31. The van der Waals surface area contributed by atoms with Crippen LogP contribution in [-0.2, 0) is 10.8 Å². The second-order valence-electron chi connectivity index (χ2n) is 9.98. The van der Waals surface area contributed by atoms with Crippen molar-refractivity contribution >= 4 is 27.8 Å². The monoisotopic (exact) mass is 400 g/mol. The van der Waals surface area contributed by atoms with Crippen LogP contribution >= 0.6 is 17.2 Å². The lowest BCUT2D eigenvalue weighted by Gasteiger charge is -2.21. The summed E-state index contributed by atoms with van der Waals surface area (Å²) in [6.45, 7) is 18.5. The van der Waals surface area contributed by atoms with Gasteiger partial charge in [0, 0.05) is 0 Å². The fraction of sp³-hybridized carbons (Fsp3) is 0.520. The highest BCUT2D eigenvalue weighted by Gasteiger charge is 2.15. The molecule has 0 radical (unpaired) electrons. The largest absolute Gasteiger partial charge is 0.0875 e. The minimum Gasteiger partial charge on any atom is -0.0875 e. The summed E-state index contributed by atoms with van der Waals surface area (Å²) in [7, 11) is 1.81. The topological polar surface area (TPSA) is 0 Å². The summed E-state index contributed by atoms with van der Waals surface area (Å²) < 4.78 is 0. The summed E-state index contributed by atoms with van der Waals surface area (Å²) in [5, 5.41) is 3.00. The summed E-state index contributed by atoms with van der Waals surface area (Å²) in [6.07, 6.45) is 1.30. The van der Waals surface area contributed by atoms with Crippen molar-refractivity contribution in [2.75, 3.05) is 0 Å². The highest BCUT2D eigenvalue weighted by molar-refractivity contribution is 7.49. The Kier molecular flexibility index (Phi) is 7.70. The Bertz CT molecular complexity index is 636. The minimum atomic E-state index is 0.241. The van der Waals surface area contributed by atoms with Gasteiger partial charge >= 0.3 is 0 Å². The SMILES string of the molecule is CC(CC(C)Pc1ccc(C(C)(C)C)cc1)Pc1ccc(C(C)(C)C)cc1. The Morgan fingerprint density at radius 2 is 0.889 bits per heavy atom. The molecule has 148 valence electrons. The molecule has 0 amide bonds.